The normalized spacial score (nSPS) is 28.3. The first-order valence-corrected chi connectivity index (χ1v) is 7.92. The minimum Gasteiger partial charge on any atom is -0.463 e. The molecule has 2 heterocycles. The van der Waals surface area contributed by atoms with Crippen molar-refractivity contribution in [2.45, 2.75) is 51.7 Å². The Labute approximate surface area is 148 Å². The molecular weight excluding hydrogens is 352 g/mol. The van der Waals surface area contributed by atoms with Gasteiger partial charge >= 0.3 is 23.9 Å². The van der Waals surface area contributed by atoms with Crippen LogP contribution in [0.2, 0.25) is 0 Å². The molecule has 2 fully saturated rings. The van der Waals surface area contributed by atoms with E-state index in [-0.39, 0.29) is 19.6 Å². The van der Waals surface area contributed by atoms with E-state index in [9.17, 15) is 24.0 Å². The fraction of sp³-hybridized carbons (Fsp3) is 0.667. The molecule has 0 aromatic carbocycles. The summed E-state index contributed by atoms with van der Waals surface area (Å²) in [5, 5.41) is 2.14. The van der Waals surface area contributed by atoms with Crippen molar-refractivity contribution >= 4 is 29.8 Å². The van der Waals surface area contributed by atoms with Crippen molar-refractivity contribution in [2.24, 2.45) is 0 Å². The molecule has 26 heavy (non-hydrogen) atoms. The summed E-state index contributed by atoms with van der Waals surface area (Å²) >= 11 is 0. The molecule has 11 heteroatoms. The molecule has 0 aromatic heterocycles. The van der Waals surface area contributed by atoms with Gasteiger partial charge in [0.1, 0.15) is 12.7 Å². The Morgan fingerprint density at radius 1 is 1.08 bits per heavy atom. The summed E-state index contributed by atoms with van der Waals surface area (Å²) in [6, 6.07) is -0.724. The number of esters is 3. The molecule has 11 nitrogen and oxygen atoms in total. The lowest BCUT2D eigenvalue weighted by atomic mass is 10.1. The number of ether oxygens (including phenoxy) is 4. The van der Waals surface area contributed by atoms with Gasteiger partial charge in [0.05, 0.1) is 0 Å². The maximum absolute atomic E-state index is 12.1. The van der Waals surface area contributed by atoms with Gasteiger partial charge in [0.25, 0.3) is 0 Å². The highest BCUT2D eigenvalue weighted by Crippen LogP contribution is 2.30. The zero-order valence-corrected chi connectivity index (χ0v) is 14.6. The van der Waals surface area contributed by atoms with Crippen LogP contribution in [0.3, 0.4) is 0 Å². The predicted octanol–water partition coefficient (Wildman–Crippen LogP) is -0.920. The Kier molecular flexibility index (Phi) is 6.14. The zero-order chi connectivity index (χ0) is 19.4. The summed E-state index contributed by atoms with van der Waals surface area (Å²) in [5.41, 5.74) is 0. The lowest BCUT2D eigenvalue weighted by Crippen LogP contribution is -2.57. The Morgan fingerprint density at radius 3 is 2.23 bits per heavy atom. The summed E-state index contributed by atoms with van der Waals surface area (Å²) in [6.07, 6.45) is -4.27. The second-order valence-corrected chi connectivity index (χ2v) is 5.81. The van der Waals surface area contributed by atoms with Crippen molar-refractivity contribution in [3.63, 3.8) is 0 Å². The van der Waals surface area contributed by atoms with Crippen LogP contribution >= 0.6 is 0 Å². The third-order valence-electron chi connectivity index (χ3n) is 3.73. The third-order valence-corrected chi connectivity index (χ3v) is 3.73. The van der Waals surface area contributed by atoms with Crippen molar-refractivity contribution in [2.75, 3.05) is 13.2 Å². The SMILES string of the molecule is CC(=O)OC[C@@H]1O[C@H](N2CCC(=O)NC2=O)[C@H](OC(C)=O)[C@@H]1OC(C)=O. The number of urea groups is 1. The first kappa shape index (κ1) is 19.6. The van der Waals surface area contributed by atoms with Crippen molar-refractivity contribution in [3.05, 3.63) is 0 Å². The van der Waals surface area contributed by atoms with E-state index >= 15 is 0 Å². The van der Waals surface area contributed by atoms with Crippen LogP contribution in [0.15, 0.2) is 0 Å². The van der Waals surface area contributed by atoms with Gasteiger partial charge < -0.3 is 18.9 Å². The number of amides is 3. The van der Waals surface area contributed by atoms with E-state index in [1.54, 1.807) is 0 Å². The van der Waals surface area contributed by atoms with Gasteiger partial charge in [-0.05, 0) is 0 Å². The highest BCUT2D eigenvalue weighted by atomic mass is 16.7. The van der Waals surface area contributed by atoms with E-state index < -0.39 is 54.4 Å². The maximum atomic E-state index is 12.1. The summed E-state index contributed by atoms with van der Waals surface area (Å²) < 4.78 is 21.0. The van der Waals surface area contributed by atoms with Crippen molar-refractivity contribution in [3.8, 4) is 0 Å². The smallest absolute Gasteiger partial charge is 0.326 e. The van der Waals surface area contributed by atoms with Gasteiger partial charge in [-0.15, -0.1) is 0 Å². The number of nitrogens with one attached hydrogen (secondary N) is 1. The average Bonchev–Trinajstić information content (AvgIpc) is 2.82. The molecule has 4 atom stereocenters. The standard InChI is InChI=1S/C15H20N2O9/c1-7(18)23-6-10-12(24-8(2)19)13(25-9(3)20)14(26-10)17-5-4-11(21)16-15(17)22/h10,12-14H,4-6H2,1-3H3,(H,16,21,22)/t10-,12+,13+,14-/m0/s1. The number of nitrogens with zero attached hydrogens (tertiary/aromatic N) is 1. The molecule has 144 valence electrons. The Hall–Kier alpha value is -2.69. The number of carbonyl (C=O) groups is 5. The van der Waals surface area contributed by atoms with Crippen LogP contribution in [-0.4, -0.2) is 72.4 Å². The molecule has 1 N–H and O–H groups in total. The number of carbonyl (C=O) groups excluding carboxylic acids is 5. The third kappa shape index (κ3) is 4.69. The topological polar surface area (TPSA) is 138 Å². The number of rotatable bonds is 5. The summed E-state index contributed by atoms with van der Waals surface area (Å²) in [7, 11) is 0. The first-order valence-electron chi connectivity index (χ1n) is 7.92. The molecule has 2 saturated heterocycles. The largest absolute Gasteiger partial charge is 0.463 e. The molecule has 0 radical (unpaired) electrons. The molecule has 0 saturated carbocycles. The van der Waals surface area contributed by atoms with E-state index in [1.165, 1.54) is 11.8 Å². The van der Waals surface area contributed by atoms with Crippen LogP contribution in [0.25, 0.3) is 0 Å². The number of hydrogen-bond donors (Lipinski definition) is 1. The number of imide groups is 1. The molecule has 2 aliphatic rings. The van der Waals surface area contributed by atoms with Crippen LogP contribution in [0.1, 0.15) is 27.2 Å². The predicted molar refractivity (Wildman–Crippen MR) is 81.3 cm³/mol. The van der Waals surface area contributed by atoms with E-state index in [0.29, 0.717) is 0 Å². The second kappa shape index (κ2) is 8.13. The Balaban J connectivity index is 2.27. The fourth-order valence-corrected chi connectivity index (χ4v) is 2.76. The van der Waals surface area contributed by atoms with E-state index in [2.05, 4.69) is 5.32 Å². The van der Waals surface area contributed by atoms with Gasteiger partial charge in [-0.3, -0.25) is 29.4 Å². The molecule has 0 spiro atoms. The molecule has 0 unspecified atom stereocenters. The van der Waals surface area contributed by atoms with Crippen molar-refractivity contribution < 1.29 is 42.9 Å². The molecule has 3 amide bonds. The second-order valence-electron chi connectivity index (χ2n) is 5.81. The molecule has 0 bridgehead atoms. The van der Waals surface area contributed by atoms with E-state index in [4.69, 9.17) is 18.9 Å². The van der Waals surface area contributed by atoms with Crippen LogP contribution in [-0.2, 0) is 38.1 Å². The molecule has 0 aliphatic carbocycles. The summed E-state index contributed by atoms with van der Waals surface area (Å²) in [4.78, 5) is 58.6. The van der Waals surface area contributed by atoms with Crippen LogP contribution in [0.5, 0.6) is 0 Å². The average molecular weight is 372 g/mol. The van der Waals surface area contributed by atoms with Gasteiger partial charge in [-0.2, -0.15) is 0 Å². The molecule has 0 aromatic rings. The first-order chi connectivity index (χ1) is 12.2. The van der Waals surface area contributed by atoms with Crippen LogP contribution < -0.4 is 5.32 Å². The fourth-order valence-electron chi connectivity index (χ4n) is 2.76. The monoisotopic (exact) mass is 372 g/mol. The molecule has 2 aliphatic heterocycles. The van der Waals surface area contributed by atoms with Gasteiger partial charge in [0.15, 0.2) is 18.4 Å². The van der Waals surface area contributed by atoms with Gasteiger partial charge in [0, 0.05) is 33.7 Å². The minimum absolute atomic E-state index is 0.0280. The van der Waals surface area contributed by atoms with Crippen LogP contribution in [0, 0.1) is 0 Å². The number of hydrogen-bond acceptors (Lipinski definition) is 9. The quantitative estimate of drug-likeness (QED) is 0.479. The van der Waals surface area contributed by atoms with Gasteiger partial charge in [-0.25, -0.2) is 4.79 Å². The highest BCUT2D eigenvalue weighted by molar-refractivity contribution is 5.96. The van der Waals surface area contributed by atoms with E-state index in [0.717, 1.165) is 13.8 Å². The minimum atomic E-state index is -1.14. The highest BCUT2D eigenvalue weighted by Gasteiger charge is 2.53. The summed E-state index contributed by atoms with van der Waals surface area (Å²) in [5.74, 6) is -2.37. The van der Waals surface area contributed by atoms with Crippen molar-refractivity contribution in [1.29, 1.82) is 0 Å². The lowest BCUT2D eigenvalue weighted by molar-refractivity contribution is -0.167. The summed E-state index contributed by atoms with van der Waals surface area (Å²) in [6.45, 7) is 3.27. The molecular formula is C15H20N2O9. The Bertz CT molecular complexity index is 620. The van der Waals surface area contributed by atoms with Crippen molar-refractivity contribution in [1.82, 2.24) is 10.2 Å². The lowest BCUT2D eigenvalue weighted by Gasteiger charge is -2.34. The molecule has 2 rings (SSSR count). The van der Waals surface area contributed by atoms with Gasteiger partial charge in [-0.1, -0.05) is 0 Å². The van der Waals surface area contributed by atoms with E-state index in [1.807, 2.05) is 0 Å². The zero-order valence-electron chi connectivity index (χ0n) is 14.6. The Morgan fingerprint density at radius 2 is 1.69 bits per heavy atom. The van der Waals surface area contributed by atoms with Crippen LogP contribution in [0.4, 0.5) is 4.79 Å². The maximum Gasteiger partial charge on any atom is 0.326 e. The van der Waals surface area contributed by atoms with Gasteiger partial charge in [0.2, 0.25) is 5.91 Å².